The van der Waals surface area contributed by atoms with Crippen LogP contribution in [0.4, 0.5) is 5.69 Å². The molecule has 0 N–H and O–H groups in total. The number of anilines is 1. The highest BCUT2D eigenvalue weighted by Gasteiger charge is 2.56. The summed E-state index contributed by atoms with van der Waals surface area (Å²) in [6.45, 7) is 0. The lowest BCUT2D eigenvalue weighted by atomic mass is 9.64. The number of nitrogens with zero attached hydrogens (tertiary/aromatic N) is 1. The molecule has 4 atom stereocenters. The molecule has 1 aliphatic carbocycles. The van der Waals surface area contributed by atoms with Gasteiger partial charge in [-0.1, -0.05) is 72.3 Å². The van der Waals surface area contributed by atoms with Crippen LogP contribution in [0.15, 0.2) is 84.9 Å². The number of hydrogen-bond acceptors (Lipinski definition) is 2. The first-order valence-electron chi connectivity index (χ1n) is 10.4. The van der Waals surface area contributed by atoms with Crippen LogP contribution in [-0.4, -0.2) is 11.8 Å². The van der Waals surface area contributed by atoms with E-state index in [0.717, 1.165) is 24.0 Å². The van der Waals surface area contributed by atoms with E-state index < -0.39 is 0 Å². The van der Waals surface area contributed by atoms with Crippen LogP contribution in [0.5, 0.6) is 0 Å². The molecule has 1 saturated heterocycles. The summed E-state index contributed by atoms with van der Waals surface area (Å²) in [4.78, 5) is 28.7. The molecule has 4 heteroatoms. The van der Waals surface area contributed by atoms with Gasteiger partial charge < -0.3 is 0 Å². The molecule has 0 aromatic heterocycles. The molecule has 0 spiro atoms. The lowest BCUT2D eigenvalue weighted by Gasteiger charge is -2.37. The van der Waals surface area contributed by atoms with Gasteiger partial charge in [-0.3, -0.25) is 14.5 Å². The van der Waals surface area contributed by atoms with Crippen LogP contribution in [0, 0.1) is 11.8 Å². The van der Waals surface area contributed by atoms with E-state index in [1.54, 1.807) is 24.3 Å². The predicted molar refractivity (Wildman–Crippen MR) is 119 cm³/mol. The van der Waals surface area contributed by atoms with Gasteiger partial charge in [0, 0.05) is 5.02 Å². The summed E-state index contributed by atoms with van der Waals surface area (Å²) in [5.74, 6) is -0.803. The van der Waals surface area contributed by atoms with Crippen molar-refractivity contribution in [2.24, 2.45) is 11.8 Å². The zero-order valence-corrected chi connectivity index (χ0v) is 17.2. The Balaban J connectivity index is 1.60. The molecule has 1 heterocycles. The van der Waals surface area contributed by atoms with Crippen molar-refractivity contribution in [2.45, 2.75) is 24.7 Å². The van der Waals surface area contributed by atoms with Crippen molar-refractivity contribution in [1.82, 2.24) is 0 Å². The highest BCUT2D eigenvalue weighted by molar-refractivity contribution is 6.30. The van der Waals surface area contributed by atoms with Crippen molar-refractivity contribution in [1.29, 1.82) is 0 Å². The van der Waals surface area contributed by atoms with Crippen LogP contribution in [0.1, 0.15) is 35.8 Å². The number of halogens is 1. The van der Waals surface area contributed by atoms with Gasteiger partial charge in [-0.05, 0) is 60.1 Å². The van der Waals surface area contributed by atoms with Gasteiger partial charge in [0.25, 0.3) is 0 Å². The molecular weight excluding hydrogens is 394 g/mol. The summed E-state index contributed by atoms with van der Waals surface area (Å²) < 4.78 is 0. The van der Waals surface area contributed by atoms with Gasteiger partial charge in [-0.25, -0.2) is 0 Å². The van der Waals surface area contributed by atoms with Crippen molar-refractivity contribution >= 4 is 29.1 Å². The van der Waals surface area contributed by atoms with Crippen LogP contribution in [-0.2, 0) is 9.59 Å². The molecule has 3 aromatic rings. The number of imide groups is 1. The highest BCUT2D eigenvalue weighted by Crippen LogP contribution is 2.53. The number of carbonyl (C=O) groups is 2. The fourth-order valence-electron chi connectivity index (χ4n) is 5.27. The lowest BCUT2D eigenvalue weighted by molar-refractivity contribution is -0.122. The second-order valence-corrected chi connectivity index (χ2v) is 8.59. The van der Waals surface area contributed by atoms with Gasteiger partial charge in [0.2, 0.25) is 11.8 Å². The molecule has 150 valence electrons. The van der Waals surface area contributed by atoms with Crippen molar-refractivity contribution in [2.75, 3.05) is 4.90 Å². The van der Waals surface area contributed by atoms with Gasteiger partial charge in [-0.2, -0.15) is 0 Å². The molecule has 0 radical (unpaired) electrons. The smallest absolute Gasteiger partial charge is 0.238 e. The summed E-state index contributed by atoms with van der Waals surface area (Å²) in [5.41, 5.74) is 2.87. The molecule has 3 nitrogen and oxygen atoms in total. The second-order valence-electron chi connectivity index (χ2n) is 8.15. The van der Waals surface area contributed by atoms with Crippen molar-refractivity contribution in [3.8, 4) is 0 Å². The SMILES string of the molecule is O=C1[C@H]2[C@H](C(=O)N1c1ccc(Cl)cc1)[C@@H](c1ccccc1)CC[C@@H]2c1ccccc1. The Morgan fingerprint density at radius 2 is 1.07 bits per heavy atom. The van der Waals surface area contributed by atoms with Crippen molar-refractivity contribution in [3.63, 3.8) is 0 Å². The number of rotatable bonds is 3. The molecule has 1 aliphatic heterocycles. The fourth-order valence-corrected chi connectivity index (χ4v) is 5.40. The third-order valence-corrected chi connectivity index (χ3v) is 6.85. The summed E-state index contributed by atoms with van der Waals surface area (Å²) in [7, 11) is 0. The number of carbonyl (C=O) groups excluding carboxylic acids is 2. The zero-order valence-electron chi connectivity index (χ0n) is 16.4. The molecule has 1 saturated carbocycles. The molecule has 0 bridgehead atoms. The zero-order chi connectivity index (χ0) is 20.7. The van der Waals surface area contributed by atoms with E-state index >= 15 is 0 Å². The molecule has 30 heavy (non-hydrogen) atoms. The summed E-state index contributed by atoms with van der Waals surface area (Å²) in [6, 6.07) is 27.3. The van der Waals surface area contributed by atoms with E-state index in [-0.39, 0.29) is 35.5 Å². The van der Waals surface area contributed by atoms with Crippen molar-refractivity contribution < 1.29 is 9.59 Å². The Kier molecular flexibility index (Phi) is 4.92. The Morgan fingerprint density at radius 1 is 0.633 bits per heavy atom. The van der Waals surface area contributed by atoms with Crippen LogP contribution < -0.4 is 4.90 Å². The van der Waals surface area contributed by atoms with Crippen LogP contribution in [0.3, 0.4) is 0 Å². The lowest BCUT2D eigenvalue weighted by Crippen LogP contribution is -2.34. The maximum Gasteiger partial charge on any atom is 0.238 e. The molecule has 5 rings (SSSR count). The maximum absolute atomic E-state index is 13.7. The normalized spacial score (nSPS) is 26.0. The maximum atomic E-state index is 13.7. The number of fused-ring (bicyclic) bond motifs is 1. The van der Waals surface area contributed by atoms with Gasteiger partial charge in [0.1, 0.15) is 0 Å². The monoisotopic (exact) mass is 415 g/mol. The van der Waals surface area contributed by atoms with Gasteiger partial charge in [0.15, 0.2) is 0 Å². The average Bonchev–Trinajstić information content (AvgIpc) is 3.06. The van der Waals surface area contributed by atoms with Gasteiger partial charge in [-0.15, -0.1) is 0 Å². The molecule has 2 aliphatic rings. The van der Waals surface area contributed by atoms with Gasteiger partial charge >= 0.3 is 0 Å². The average molecular weight is 416 g/mol. The first-order chi connectivity index (χ1) is 14.6. The molecule has 2 fully saturated rings. The number of amides is 2. The first kappa shape index (κ1) is 19.1. The van der Waals surface area contributed by atoms with E-state index in [0.29, 0.717) is 10.7 Å². The van der Waals surface area contributed by atoms with E-state index in [1.807, 2.05) is 36.4 Å². The summed E-state index contributed by atoms with van der Waals surface area (Å²) in [6.07, 6.45) is 1.77. The van der Waals surface area contributed by atoms with Gasteiger partial charge in [0.05, 0.1) is 17.5 Å². The minimum Gasteiger partial charge on any atom is -0.274 e. The third kappa shape index (κ3) is 3.14. The summed E-state index contributed by atoms with van der Waals surface area (Å²) in [5, 5.41) is 0.583. The minimum atomic E-state index is -0.352. The number of benzene rings is 3. The van der Waals surface area contributed by atoms with E-state index in [9.17, 15) is 9.59 Å². The standard InChI is InChI=1S/C26H22ClNO2/c27-19-11-13-20(14-12-19)28-25(29)23-21(17-7-3-1-4-8-17)15-16-22(24(23)26(28)30)18-9-5-2-6-10-18/h1-14,21-24H,15-16H2/t21-,22-,23-,24-/m1/s1. The highest BCUT2D eigenvalue weighted by atomic mass is 35.5. The minimum absolute atomic E-state index is 0.0462. The van der Waals surface area contributed by atoms with Crippen LogP contribution >= 0.6 is 11.6 Å². The Labute approximate surface area is 181 Å². The quantitative estimate of drug-likeness (QED) is 0.506. The van der Waals surface area contributed by atoms with Crippen molar-refractivity contribution in [3.05, 3.63) is 101 Å². The third-order valence-electron chi connectivity index (χ3n) is 6.59. The predicted octanol–water partition coefficient (Wildman–Crippen LogP) is 5.81. The Bertz CT molecular complexity index is 1000. The number of hydrogen-bond donors (Lipinski definition) is 0. The molecule has 2 amide bonds. The van der Waals surface area contributed by atoms with E-state index in [1.165, 1.54) is 4.90 Å². The fraction of sp³-hybridized carbons (Fsp3) is 0.231. The molecular formula is C26H22ClNO2. The van der Waals surface area contributed by atoms with E-state index in [2.05, 4.69) is 24.3 Å². The topological polar surface area (TPSA) is 37.4 Å². The summed E-state index contributed by atoms with van der Waals surface area (Å²) >= 11 is 6.03. The molecule has 3 aromatic carbocycles. The molecule has 0 unspecified atom stereocenters. The Hall–Kier alpha value is -2.91. The Morgan fingerprint density at radius 3 is 1.50 bits per heavy atom. The van der Waals surface area contributed by atoms with Crippen LogP contribution in [0.25, 0.3) is 0 Å². The first-order valence-corrected chi connectivity index (χ1v) is 10.8. The van der Waals surface area contributed by atoms with E-state index in [4.69, 9.17) is 11.6 Å². The largest absolute Gasteiger partial charge is 0.274 e. The second kappa shape index (κ2) is 7.73. The van der Waals surface area contributed by atoms with Crippen LogP contribution in [0.2, 0.25) is 5.02 Å².